The quantitative estimate of drug-likeness (QED) is 0.650. The lowest BCUT2D eigenvalue weighted by atomic mass is 9.62. The molecule has 32 heavy (non-hydrogen) atoms. The number of carbonyl (C=O) groups is 2. The molecule has 1 saturated carbocycles. The van der Waals surface area contributed by atoms with E-state index in [2.05, 4.69) is 17.0 Å². The van der Waals surface area contributed by atoms with Gasteiger partial charge in [-0.15, -0.1) is 0 Å². The molecule has 1 heterocycles. The van der Waals surface area contributed by atoms with Gasteiger partial charge in [0, 0.05) is 28.9 Å². The molecule has 2 aromatic rings. The molecule has 0 saturated heterocycles. The van der Waals surface area contributed by atoms with Crippen LogP contribution in [0.2, 0.25) is 5.02 Å². The van der Waals surface area contributed by atoms with E-state index in [-0.39, 0.29) is 22.3 Å². The van der Waals surface area contributed by atoms with Crippen LogP contribution in [0.3, 0.4) is 0 Å². The molecular weight excluding hydrogens is 426 g/mol. The summed E-state index contributed by atoms with van der Waals surface area (Å²) in [5, 5.41) is 10.3. The number of rotatable bonds is 4. The highest BCUT2D eigenvalue weighted by Gasteiger charge is 2.46. The molecule has 3 aliphatic rings. The number of carbonyl (C=O) groups excluding carboxylic acids is 1. The Labute approximate surface area is 193 Å². The van der Waals surface area contributed by atoms with Crippen LogP contribution in [0, 0.1) is 11.3 Å². The largest absolute Gasteiger partial charge is 0.490 e. The highest BCUT2D eigenvalue weighted by molar-refractivity contribution is 6.30. The zero-order valence-electron chi connectivity index (χ0n) is 18.3. The Morgan fingerprint density at radius 3 is 2.84 bits per heavy atom. The number of halogens is 1. The summed E-state index contributed by atoms with van der Waals surface area (Å²) in [5.41, 5.74) is 3.08. The third-order valence-electron chi connectivity index (χ3n) is 7.96. The van der Waals surface area contributed by atoms with Crippen LogP contribution in [0.5, 0.6) is 5.75 Å². The van der Waals surface area contributed by atoms with Crippen molar-refractivity contribution in [3.05, 3.63) is 58.1 Å². The fourth-order valence-corrected chi connectivity index (χ4v) is 5.97. The molecule has 1 N–H and O–H groups in total. The summed E-state index contributed by atoms with van der Waals surface area (Å²) in [6.45, 7) is 4.00. The molecule has 0 amide bonds. The highest BCUT2D eigenvalue weighted by Crippen LogP contribution is 2.49. The van der Waals surface area contributed by atoms with Crippen molar-refractivity contribution >= 4 is 29.5 Å². The van der Waals surface area contributed by atoms with E-state index < -0.39 is 5.97 Å². The second-order valence-electron chi connectivity index (χ2n) is 9.95. The van der Waals surface area contributed by atoms with Gasteiger partial charge < -0.3 is 19.5 Å². The average molecular weight is 454 g/mol. The Bertz CT molecular complexity index is 1090. The fourth-order valence-electron chi connectivity index (χ4n) is 5.77. The number of aromatic carboxylic acids is 1. The Kier molecular flexibility index (Phi) is 5.20. The monoisotopic (exact) mass is 453 g/mol. The summed E-state index contributed by atoms with van der Waals surface area (Å²) < 4.78 is 6.37. The molecule has 0 radical (unpaired) electrons. The van der Waals surface area contributed by atoms with Gasteiger partial charge in [0.1, 0.15) is 12.0 Å². The summed E-state index contributed by atoms with van der Waals surface area (Å²) in [6, 6.07) is 11.3. The first-order valence-electron chi connectivity index (χ1n) is 11.3. The Balaban J connectivity index is 1.58. The van der Waals surface area contributed by atoms with Crippen molar-refractivity contribution in [1.29, 1.82) is 0 Å². The molecule has 2 aromatic carbocycles. The van der Waals surface area contributed by atoms with Crippen LogP contribution in [0.25, 0.3) is 0 Å². The van der Waals surface area contributed by atoms with Gasteiger partial charge in [0.2, 0.25) is 0 Å². The summed E-state index contributed by atoms with van der Waals surface area (Å²) >= 11 is 6.30. The number of fused-ring (bicyclic) bond motifs is 3. The smallest absolute Gasteiger partial charge is 0.335 e. The van der Waals surface area contributed by atoms with Crippen LogP contribution in [-0.2, 0) is 16.6 Å². The number of nitrogens with zero attached hydrogens (tertiary/aromatic N) is 1. The normalized spacial score (nSPS) is 28.7. The number of hydrogen-bond donors (Lipinski definition) is 1. The molecule has 3 atom stereocenters. The van der Waals surface area contributed by atoms with E-state index in [9.17, 15) is 14.7 Å². The number of aryl methyl sites for hydroxylation is 1. The highest BCUT2D eigenvalue weighted by atomic mass is 35.5. The second-order valence-corrected chi connectivity index (χ2v) is 10.4. The van der Waals surface area contributed by atoms with Crippen LogP contribution >= 0.6 is 11.6 Å². The minimum absolute atomic E-state index is 0.206. The van der Waals surface area contributed by atoms with Gasteiger partial charge in [-0.25, -0.2) is 4.79 Å². The molecule has 2 aliphatic carbocycles. The molecule has 1 fully saturated rings. The Hall–Kier alpha value is -2.53. The first-order chi connectivity index (χ1) is 15.3. The predicted molar refractivity (Wildman–Crippen MR) is 124 cm³/mol. The van der Waals surface area contributed by atoms with Crippen molar-refractivity contribution in [1.82, 2.24) is 0 Å². The second kappa shape index (κ2) is 7.80. The van der Waals surface area contributed by atoms with Crippen molar-refractivity contribution in [2.45, 2.75) is 44.4 Å². The first kappa shape index (κ1) is 21.3. The molecule has 1 unspecified atom stereocenters. The molecule has 6 heteroatoms. The van der Waals surface area contributed by atoms with E-state index in [1.54, 1.807) is 18.2 Å². The van der Waals surface area contributed by atoms with Crippen LogP contribution in [0.15, 0.2) is 36.4 Å². The number of hydrogen-bond acceptors (Lipinski definition) is 4. The zero-order valence-corrected chi connectivity index (χ0v) is 19.0. The van der Waals surface area contributed by atoms with E-state index in [1.165, 1.54) is 11.1 Å². The maximum atomic E-state index is 11.8. The zero-order chi connectivity index (χ0) is 22.5. The minimum atomic E-state index is -0.953. The summed E-state index contributed by atoms with van der Waals surface area (Å²) in [6.07, 6.45) is 6.04. The number of carboxylic acids is 1. The molecule has 5 nitrogen and oxygen atoms in total. The van der Waals surface area contributed by atoms with Gasteiger partial charge in [0.15, 0.2) is 0 Å². The van der Waals surface area contributed by atoms with E-state index in [0.717, 1.165) is 55.6 Å². The third kappa shape index (κ3) is 3.47. The standard InChI is InChI=1S/C26H28ClNO4/c1-25(15-29)10-8-19(25)13-28-14-26(9-2-3-17-11-20(27)5-6-21(17)26)16-32-23-7-4-18(24(30)31)12-22(23)28/h4-7,11-12,15,19H,2-3,8-10,13-14,16H2,1H3,(H,30,31)/t19-,25-,26?/m0/s1. The number of benzene rings is 2. The summed E-state index contributed by atoms with van der Waals surface area (Å²) in [5.74, 6) is -0.00408. The number of aldehydes is 1. The third-order valence-corrected chi connectivity index (χ3v) is 8.19. The van der Waals surface area contributed by atoms with Gasteiger partial charge in [-0.1, -0.05) is 24.6 Å². The summed E-state index contributed by atoms with van der Waals surface area (Å²) in [4.78, 5) is 25.7. The lowest BCUT2D eigenvalue weighted by Gasteiger charge is -2.47. The topological polar surface area (TPSA) is 66.8 Å². The first-order valence-corrected chi connectivity index (χ1v) is 11.7. The molecule has 1 aliphatic heterocycles. The van der Waals surface area contributed by atoms with Crippen molar-refractivity contribution in [2.24, 2.45) is 11.3 Å². The van der Waals surface area contributed by atoms with Crippen molar-refractivity contribution < 1.29 is 19.4 Å². The Morgan fingerprint density at radius 2 is 2.12 bits per heavy atom. The van der Waals surface area contributed by atoms with Crippen molar-refractivity contribution in [2.75, 3.05) is 24.6 Å². The van der Waals surface area contributed by atoms with Gasteiger partial charge in [0.05, 0.1) is 17.9 Å². The maximum absolute atomic E-state index is 11.8. The van der Waals surface area contributed by atoms with Crippen LogP contribution < -0.4 is 9.64 Å². The lowest BCUT2D eigenvalue weighted by Crippen LogP contribution is -2.51. The lowest BCUT2D eigenvalue weighted by molar-refractivity contribution is -0.123. The predicted octanol–water partition coefficient (Wildman–Crippen LogP) is 5.13. The maximum Gasteiger partial charge on any atom is 0.335 e. The van der Waals surface area contributed by atoms with E-state index in [1.807, 2.05) is 13.0 Å². The van der Waals surface area contributed by atoms with E-state index in [4.69, 9.17) is 16.3 Å². The van der Waals surface area contributed by atoms with Crippen molar-refractivity contribution in [3.63, 3.8) is 0 Å². The van der Waals surface area contributed by atoms with Gasteiger partial charge in [0.25, 0.3) is 0 Å². The number of anilines is 1. The SMILES string of the molecule is C[C@@]1(C=O)CC[C@H]1CN1CC2(CCCc3cc(Cl)ccc32)COc2ccc(C(=O)O)cc21. The van der Waals surface area contributed by atoms with Crippen LogP contribution in [-0.4, -0.2) is 37.1 Å². The molecule has 0 aromatic heterocycles. The van der Waals surface area contributed by atoms with E-state index >= 15 is 0 Å². The Morgan fingerprint density at radius 1 is 1.28 bits per heavy atom. The van der Waals surface area contributed by atoms with Crippen molar-refractivity contribution in [3.8, 4) is 5.75 Å². The van der Waals surface area contributed by atoms with E-state index in [0.29, 0.717) is 18.9 Å². The molecule has 168 valence electrons. The average Bonchev–Trinajstić information content (AvgIpc) is 2.93. The van der Waals surface area contributed by atoms with Gasteiger partial charge >= 0.3 is 5.97 Å². The van der Waals surface area contributed by atoms with Gasteiger partial charge in [-0.2, -0.15) is 0 Å². The van der Waals surface area contributed by atoms with Gasteiger partial charge in [-0.3, -0.25) is 0 Å². The van der Waals surface area contributed by atoms with Crippen LogP contribution in [0.1, 0.15) is 54.1 Å². The fraction of sp³-hybridized carbons (Fsp3) is 0.462. The number of carboxylic acid groups (broad SMARTS) is 1. The minimum Gasteiger partial charge on any atom is -0.490 e. The molecule has 1 spiro atoms. The summed E-state index contributed by atoms with van der Waals surface area (Å²) in [7, 11) is 0. The number of ether oxygens (including phenoxy) is 1. The molecular formula is C26H28ClNO4. The molecule has 0 bridgehead atoms. The van der Waals surface area contributed by atoms with Crippen LogP contribution in [0.4, 0.5) is 5.69 Å². The van der Waals surface area contributed by atoms with Gasteiger partial charge in [-0.05, 0) is 79.5 Å². The molecule has 5 rings (SSSR count).